The molecule has 0 unspecified atom stereocenters. The highest BCUT2D eigenvalue weighted by Gasteiger charge is 2.12. The molecule has 1 nitrogen and oxygen atoms in total. The maximum atomic E-state index is 2.26. The van der Waals surface area contributed by atoms with Crippen LogP contribution in [0.25, 0.3) is 12.2 Å². The normalized spacial score (nSPS) is 13.6. The number of benzene rings is 1. The highest BCUT2D eigenvalue weighted by molar-refractivity contribution is 6.83. The highest BCUT2D eigenvalue weighted by atomic mass is 14.9. The van der Waals surface area contributed by atoms with Crippen molar-refractivity contribution >= 4 is 24.3 Å². The number of aryl methyl sites for hydroxylation is 1. The average Bonchev–Trinajstić information content (AvgIpc) is 2.60. The summed E-state index contributed by atoms with van der Waals surface area (Å²) in [6.07, 6.45) is 8.74. The Bertz CT molecular complexity index is 547. The molecule has 0 spiro atoms. The second kappa shape index (κ2) is 4.13. The Morgan fingerprint density at radius 1 is 0.882 bits per heavy atom. The van der Waals surface area contributed by atoms with E-state index in [9.17, 15) is 0 Å². The van der Waals surface area contributed by atoms with Crippen LogP contribution in [0.2, 0.25) is 0 Å². The minimum atomic E-state index is 0.383. The number of hydrogen-bond donors (Lipinski definition) is 0. The minimum Gasteiger partial charge on any atom is -0.356 e. The molecule has 2 aromatic rings. The third-order valence-corrected chi connectivity index (χ3v) is 3.17. The first-order valence-electron chi connectivity index (χ1n) is 5.90. The van der Waals surface area contributed by atoms with Crippen molar-refractivity contribution in [2.24, 2.45) is 7.05 Å². The molecule has 1 aliphatic heterocycles. The van der Waals surface area contributed by atoms with E-state index in [0.717, 1.165) is 0 Å². The smallest absolute Gasteiger partial charge is 0.226 e. The molecule has 0 bridgehead atoms. The SMILES string of the molecule is Cn1cc2c(c1)C=CB(c1ccccc1)C=C2. The van der Waals surface area contributed by atoms with E-state index >= 15 is 0 Å². The molecule has 2 heterocycles. The van der Waals surface area contributed by atoms with Gasteiger partial charge in [-0.2, -0.15) is 0 Å². The quantitative estimate of drug-likeness (QED) is 0.649. The van der Waals surface area contributed by atoms with Crippen molar-refractivity contribution in [3.63, 3.8) is 0 Å². The van der Waals surface area contributed by atoms with Gasteiger partial charge in [0.25, 0.3) is 0 Å². The second-order valence-corrected chi connectivity index (χ2v) is 4.49. The fraction of sp³-hybridized carbons (Fsp3) is 0.0667. The molecule has 0 amide bonds. The molecule has 0 saturated heterocycles. The molecule has 0 radical (unpaired) electrons. The predicted octanol–water partition coefficient (Wildman–Crippen LogP) is 2.55. The summed E-state index contributed by atoms with van der Waals surface area (Å²) in [6.45, 7) is 0.383. The first-order valence-corrected chi connectivity index (χ1v) is 5.90. The van der Waals surface area contributed by atoms with Crippen molar-refractivity contribution < 1.29 is 0 Å². The van der Waals surface area contributed by atoms with Gasteiger partial charge in [0, 0.05) is 19.4 Å². The molecule has 1 aromatic carbocycles. The van der Waals surface area contributed by atoms with Crippen LogP contribution in [-0.4, -0.2) is 11.3 Å². The lowest BCUT2D eigenvalue weighted by atomic mass is 9.45. The van der Waals surface area contributed by atoms with Crippen molar-refractivity contribution in [3.8, 4) is 0 Å². The van der Waals surface area contributed by atoms with Crippen LogP contribution < -0.4 is 5.46 Å². The zero-order chi connectivity index (χ0) is 11.7. The van der Waals surface area contributed by atoms with Gasteiger partial charge in [-0.05, 0) is 11.1 Å². The molecule has 1 aliphatic rings. The fourth-order valence-corrected chi connectivity index (χ4v) is 2.28. The first-order chi connectivity index (χ1) is 8.33. The predicted molar refractivity (Wildman–Crippen MR) is 75.3 cm³/mol. The molecule has 0 saturated carbocycles. The molecule has 3 rings (SSSR count). The maximum absolute atomic E-state index is 2.26. The first kappa shape index (κ1) is 10.2. The summed E-state index contributed by atoms with van der Waals surface area (Å²) in [4.78, 5) is 0. The van der Waals surface area contributed by atoms with Crippen molar-refractivity contribution in [2.45, 2.75) is 0 Å². The van der Waals surface area contributed by atoms with Crippen LogP contribution in [0, 0.1) is 0 Å². The Kier molecular flexibility index (Phi) is 2.48. The van der Waals surface area contributed by atoms with Crippen LogP contribution in [0.15, 0.2) is 54.7 Å². The van der Waals surface area contributed by atoms with Gasteiger partial charge < -0.3 is 4.57 Å². The van der Waals surface area contributed by atoms with Crippen LogP contribution in [0.5, 0.6) is 0 Å². The second-order valence-electron chi connectivity index (χ2n) is 4.49. The summed E-state index contributed by atoms with van der Waals surface area (Å²) < 4.78 is 2.10. The largest absolute Gasteiger partial charge is 0.356 e. The number of hydrogen-bond acceptors (Lipinski definition) is 0. The molecule has 0 N–H and O–H groups in total. The molecule has 17 heavy (non-hydrogen) atoms. The van der Waals surface area contributed by atoms with Crippen molar-refractivity contribution in [3.05, 3.63) is 65.8 Å². The summed E-state index contributed by atoms with van der Waals surface area (Å²) in [6, 6.07) is 10.6. The Hall–Kier alpha value is -1.96. The highest BCUT2D eigenvalue weighted by Crippen LogP contribution is 2.17. The van der Waals surface area contributed by atoms with Crippen LogP contribution in [-0.2, 0) is 7.05 Å². The van der Waals surface area contributed by atoms with Gasteiger partial charge in [0.2, 0.25) is 6.71 Å². The maximum Gasteiger partial charge on any atom is 0.226 e. The van der Waals surface area contributed by atoms with Gasteiger partial charge in [-0.1, -0.05) is 47.9 Å². The zero-order valence-corrected chi connectivity index (χ0v) is 9.88. The lowest BCUT2D eigenvalue weighted by Gasteiger charge is -2.02. The summed E-state index contributed by atoms with van der Waals surface area (Å²) in [5.74, 6) is 4.52. The molecule has 0 fully saturated rings. The number of rotatable bonds is 1. The molecule has 2 heteroatoms. The number of nitrogens with zero attached hydrogens (tertiary/aromatic N) is 1. The van der Waals surface area contributed by atoms with Gasteiger partial charge >= 0.3 is 0 Å². The van der Waals surface area contributed by atoms with Crippen molar-refractivity contribution in [1.82, 2.24) is 4.57 Å². The third-order valence-electron chi connectivity index (χ3n) is 3.17. The van der Waals surface area contributed by atoms with E-state index in [1.54, 1.807) is 0 Å². The van der Waals surface area contributed by atoms with Crippen LogP contribution in [0.1, 0.15) is 11.1 Å². The lowest BCUT2D eigenvalue weighted by Crippen LogP contribution is -2.25. The van der Waals surface area contributed by atoms with E-state index < -0.39 is 0 Å². The number of aromatic nitrogens is 1. The summed E-state index contributed by atoms with van der Waals surface area (Å²) >= 11 is 0. The van der Waals surface area contributed by atoms with E-state index in [1.807, 2.05) is 0 Å². The summed E-state index contributed by atoms with van der Waals surface area (Å²) in [5.41, 5.74) is 3.93. The van der Waals surface area contributed by atoms with E-state index in [0.29, 0.717) is 6.71 Å². The molecule has 1 aromatic heterocycles. The zero-order valence-electron chi connectivity index (χ0n) is 9.88. The lowest BCUT2D eigenvalue weighted by molar-refractivity contribution is 0.926. The fourth-order valence-electron chi connectivity index (χ4n) is 2.28. The van der Waals surface area contributed by atoms with Crippen LogP contribution in [0.4, 0.5) is 0 Å². The minimum absolute atomic E-state index is 0.383. The van der Waals surface area contributed by atoms with E-state index in [4.69, 9.17) is 0 Å². The van der Waals surface area contributed by atoms with Crippen molar-refractivity contribution in [2.75, 3.05) is 0 Å². The van der Waals surface area contributed by atoms with Crippen LogP contribution in [0.3, 0.4) is 0 Å². The summed E-state index contributed by atoms with van der Waals surface area (Å²) in [7, 11) is 2.06. The standard InChI is InChI=1S/C15H14BN/c1-17-11-13-7-9-16(10-8-14(13)12-17)15-5-3-2-4-6-15/h2-12H,1H3. The third kappa shape index (κ3) is 1.98. The van der Waals surface area contributed by atoms with Gasteiger partial charge in [-0.25, -0.2) is 0 Å². The van der Waals surface area contributed by atoms with E-state index in [-0.39, 0.29) is 0 Å². The van der Waals surface area contributed by atoms with Gasteiger partial charge in [-0.3, -0.25) is 0 Å². The number of fused-ring (bicyclic) bond motifs is 1. The molecular weight excluding hydrogens is 205 g/mol. The Balaban J connectivity index is 1.97. The Morgan fingerprint density at radius 3 is 2.06 bits per heavy atom. The summed E-state index contributed by atoms with van der Waals surface area (Å²) in [5, 5.41) is 0. The van der Waals surface area contributed by atoms with Gasteiger partial charge in [-0.15, -0.1) is 12.0 Å². The van der Waals surface area contributed by atoms with Gasteiger partial charge in [0.05, 0.1) is 0 Å². The molecule has 0 atom stereocenters. The van der Waals surface area contributed by atoms with E-state index in [1.165, 1.54) is 16.6 Å². The molecule has 0 aliphatic carbocycles. The molecule has 82 valence electrons. The van der Waals surface area contributed by atoms with Gasteiger partial charge in [0.15, 0.2) is 0 Å². The van der Waals surface area contributed by atoms with E-state index in [2.05, 4.69) is 78.4 Å². The van der Waals surface area contributed by atoms with Gasteiger partial charge in [0.1, 0.15) is 0 Å². The monoisotopic (exact) mass is 219 g/mol. The Morgan fingerprint density at radius 2 is 1.47 bits per heavy atom. The van der Waals surface area contributed by atoms with Crippen LogP contribution >= 0.6 is 0 Å². The average molecular weight is 219 g/mol. The topological polar surface area (TPSA) is 4.93 Å². The Labute approximate surface area is 102 Å². The van der Waals surface area contributed by atoms with Crippen molar-refractivity contribution in [1.29, 1.82) is 0 Å². The molecular formula is C15H14BN.